The summed E-state index contributed by atoms with van der Waals surface area (Å²) in [5, 5.41) is 4.83. The summed E-state index contributed by atoms with van der Waals surface area (Å²) in [5.74, 6) is -0.348. The largest absolute Gasteiger partial charge is 0.350 e. The van der Waals surface area contributed by atoms with Gasteiger partial charge in [-0.3, -0.25) is 4.79 Å². The summed E-state index contributed by atoms with van der Waals surface area (Å²) in [6.07, 6.45) is -2.23. The van der Waals surface area contributed by atoms with Crippen LogP contribution < -0.4 is 10.6 Å². The van der Waals surface area contributed by atoms with Crippen molar-refractivity contribution in [2.75, 3.05) is 20.1 Å². The molecule has 0 fully saturated rings. The summed E-state index contributed by atoms with van der Waals surface area (Å²) >= 11 is 0. The van der Waals surface area contributed by atoms with E-state index in [9.17, 15) is 13.6 Å². The van der Waals surface area contributed by atoms with Gasteiger partial charge in [-0.1, -0.05) is 0 Å². The molecule has 0 aromatic heterocycles. The van der Waals surface area contributed by atoms with Crippen molar-refractivity contribution < 1.29 is 13.6 Å². The van der Waals surface area contributed by atoms with Crippen LogP contribution >= 0.6 is 0 Å². The molecule has 0 aromatic carbocycles. The normalized spacial score (nSPS) is 10.2. The van der Waals surface area contributed by atoms with Gasteiger partial charge in [0.15, 0.2) is 0 Å². The van der Waals surface area contributed by atoms with Gasteiger partial charge in [0.2, 0.25) is 5.91 Å². The number of amides is 1. The van der Waals surface area contributed by atoms with Crippen LogP contribution in [-0.4, -0.2) is 32.5 Å². The molecule has 0 saturated carbocycles. The van der Waals surface area contributed by atoms with E-state index in [1.807, 2.05) is 0 Å². The minimum absolute atomic E-state index is 0.239. The van der Waals surface area contributed by atoms with E-state index in [2.05, 4.69) is 10.6 Å². The van der Waals surface area contributed by atoms with Crippen LogP contribution in [0, 0.1) is 0 Å². The molecule has 0 radical (unpaired) electrons. The lowest BCUT2D eigenvalue weighted by atomic mass is 10.4. The van der Waals surface area contributed by atoms with Crippen molar-refractivity contribution >= 4 is 5.91 Å². The van der Waals surface area contributed by atoms with Crippen molar-refractivity contribution in [1.82, 2.24) is 10.6 Å². The third-order valence-corrected chi connectivity index (χ3v) is 1.06. The SMILES string of the molecule is CNCCC(=O)NCC(F)F. The minimum Gasteiger partial charge on any atom is -0.350 e. The van der Waals surface area contributed by atoms with E-state index in [1.54, 1.807) is 7.05 Å². The number of alkyl halides is 2. The van der Waals surface area contributed by atoms with Crippen LogP contribution in [0.25, 0.3) is 0 Å². The van der Waals surface area contributed by atoms with Gasteiger partial charge < -0.3 is 10.6 Å². The first kappa shape index (κ1) is 10.3. The van der Waals surface area contributed by atoms with E-state index in [1.165, 1.54) is 0 Å². The number of carbonyl (C=O) groups excluding carboxylic acids is 1. The lowest BCUT2D eigenvalue weighted by Crippen LogP contribution is -2.30. The highest BCUT2D eigenvalue weighted by molar-refractivity contribution is 5.76. The van der Waals surface area contributed by atoms with E-state index in [4.69, 9.17) is 0 Å². The van der Waals surface area contributed by atoms with Crippen molar-refractivity contribution in [1.29, 1.82) is 0 Å². The van der Waals surface area contributed by atoms with Crippen LogP contribution in [0.5, 0.6) is 0 Å². The second-order valence-electron chi connectivity index (χ2n) is 2.05. The van der Waals surface area contributed by atoms with Gasteiger partial charge in [0.05, 0.1) is 6.54 Å². The molecule has 0 bridgehead atoms. The number of halogens is 2. The van der Waals surface area contributed by atoms with Crippen molar-refractivity contribution in [2.24, 2.45) is 0 Å². The average Bonchev–Trinajstić information content (AvgIpc) is 1.97. The zero-order chi connectivity index (χ0) is 8.69. The summed E-state index contributed by atoms with van der Waals surface area (Å²) in [6, 6.07) is 0. The fourth-order valence-electron chi connectivity index (χ4n) is 0.518. The number of hydrogen-bond acceptors (Lipinski definition) is 2. The number of rotatable bonds is 5. The molecule has 0 aliphatic rings. The van der Waals surface area contributed by atoms with Gasteiger partial charge in [-0.05, 0) is 7.05 Å². The Morgan fingerprint density at radius 3 is 2.64 bits per heavy atom. The van der Waals surface area contributed by atoms with Gasteiger partial charge in [-0.25, -0.2) is 8.78 Å². The molecule has 0 spiro atoms. The van der Waals surface area contributed by atoms with Gasteiger partial charge >= 0.3 is 0 Å². The zero-order valence-corrected chi connectivity index (χ0v) is 6.36. The van der Waals surface area contributed by atoms with Gasteiger partial charge in [0.1, 0.15) is 0 Å². The van der Waals surface area contributed by atoms with Crippen LogP contribution in [0.1, 0.15) is 6.42 Å². The minimum atomic E-state index is -2.46. The zero-order valence-electron chi connectivity index (χ0n) is 6.36. The molecular formula is C6H12F2N2O. The third kappa shape index (κ3) is 7.18. The van der Waals surface area contributed by atoms with E-state index < -0.39 is 13.0 Å². The summed E-state index contributed by atoms with van der Waals surface area (Å²) in [7, 11) is 1.69. The van der Waals surface area contributed by atoms with Gasteiger partial charge in [-0.15, -0.1) is 0 Å². The van der Waals surface area contributed by atoms with Crippen molar-refractivity contribution in [3.05, 3.63) is 0 Å². The Morgan fingerprint density at radius 1 is 1.55 bits per heavy atom. The highest BCUT2D eigenvalue weighted by Crippen LogP contribution is 1.88. The molecule has 0 unspecified atom stereocenters. The molecule has 0 aliphatic carbocycles. The first-order chi connectivity index (χ1) is 5.16. The highest BCUT2D eigenvalue weighted by atomic mass is 19.3. The summed E-state index contributed by atoms with van der Waals surface area (Å²) < 4.78 is 23.0. The second-order valence-corrected chi connectivity index (χ2v) is 2.05. The maximum atomic E-state index is 11.5. The lowest BCUT2D eigenvalue weighted by Gasteiger charge is -2.02. The maximum absolute atomic E-state index is 11.5. The van der Waals surface area contributed by atoms with Crippen molar-refractivity contribution in [3.8, 4) is 0 Å². The van der Waals surface area contributed by atoms with Crippen molar-refractivity contribution in [3.63, 3.8) is 0 Å². The van der Waals surface area contributed by atoms with Crippen LogP contribution in [0.4, 0.5) is 8.78 Å². The van der Waals surface area contributed by atoms with E-state index in [0.29, 0.717) is 6.54 Å². The Bertz CT molecular complexity index is 119. The van der Waals surface area contributed by atoms with Crippen LogP contribution in [0.3, 0.4) is 0 Å². The Kier molecular flexibility index (Phi) is 5.64. The van der Waals surface area contributed by atoms with Gasteiger partial charge in [-0.2, -0.15) is 0 Å². The van der Waals surface area contributed by atoms with E-state index >= 15 is 0 Å². The molecule has 0 saturated heterocycles. The average molecular weight is 166 g/mol. The summed E-state index contributed by atoms with van der Waals surface area (Å²) in [4.78, 5) is 10.6. The Labute approximate surface area is 64.2 Å². The van der Waals surface area contributed by atoms with Crippen LogP contribution in [0.15, 0.2) is 0 Å². The third-order valence-electron chi connectivity index (χ3n) is 1.06. The Morgan fingerprint density at radius 2 is 2.18 bits per heavy atom. The standard InChI is InChI=1S/C6H12F2N2O/c1-9-3-2-6(11)10-4-5(7)8/h5,9H,2-4H2,1H3,(H,10,11). The summed E-state index contributed by atoms with van der Waals surface area (Å²) in [5.41, 5.74) is 0. The molecule has 3 nitrogen and oxygen atoms in total. The number of carbonyl (C=O) groups is 1. The van der Waals surface area contributed by atoms with Crippen LogP contribution in [0.2, 0.25) is 0 Å². The molecule has 0 aliphatic heterocycles. The molecule has 0 atom stereocenters. The predicted octanol–water partition coefficient (Wildman–Crippen LogP) is -0.0228. The predicted molar refractivity (Wildman–Crippen MR) is 37.6 cm³/mol. The molecule has 0 aromatic rings. The van der Waals surface area contributed by atoms with Gasteiger partial charge in [0.25, 0.3) is 6.43 Å². The molecule has 2 N–H and O–H groups in total. The first-order valence-electron chi connectivity index (χ1n) is 3.36. The van der Waals surface area contributed by atoms with Gasteiger partial charge in [0, 0.05) is 13.0 Å². The fraction of sp³-hybridized carbons (Fsp3) is 0.833. The quantitative estimate of drug-likeness (QED) is 0.602. The summed E-state index contributed by atoms with van der Waals surface area (Å²) in [6.45, 7) is -0.0440. The number of nitrogens with one attached hydrogen (secondary N) is 2. The molecular weight excluding hydrogens is 154 g/mol. The molecule has 5 heteroatoms. The molecule has 0 heterocycles. The monoisotopic (exact) mass is 166 g/mol. The molecule has 1 amide bonds. The molecule has 66 valence electrons. The molecule has 11 heavy (non-hydrogen) atoms. The van der Waals surface area contributed by atoms with E-state index in [-0.39, 0.29) is 12.3 Å². The van der Waals surface area contributed by atoms with Crippen LogP contribution in [-0.2, 0) is 4.79 Å². The Balaban J connectivity index is 3.23. The Hall–Kier alpha value is -0.710. The molecule has 0 rings (SSSR count). The van der Waals surface area contributed by atoms with Crippen molar-refractivity contribution in [2.45, 2.75) is 12.8 Å². The fourth-order valence-corrected chi connectivity index (χ4v) is 0.518. The number of hydrogen-bond donors (Lipinski definition) is 2. The highest BCUT2D eigenvalue weighted by Gasteiger charge is 2.04. The first-order valence-corrected chi connectivity index (χ1v) is 3.36. The second kappa shape index (κ2) is 6.03. The maximum Gasteiger partial charge on any atom is 0.255 e. The smallest absolute Gasteiger partial charge is 0.255 e. The topological polar surface area (TPSA) is 41.1 Å². The van der Waals surface area contributed by atoms with E-state index in [0.717, 1.165) is 0 Å². The lowest BCUT2D eigenvalue weighted by molar-refractivity contribution is -0.121.